The molecule has 1 aliphatic heterocycles. The van der Waals surface area contributed by atoms with Gasteiger partial charge in [-0.15, -0.1) is 11.3 Å². The lowest BCUT2D eigenvalue weighted by Gasteiger charge is -2.07. The van der Waals surface area contributed by atoms with Crippen molar-refractivity contribution in [1.82, 2.24) is 0 Å². The molecule has 0 fully saturated rings. The van der Waals surface area contributed by atoms with E-state index in [1.807, 2.05) is 6.92 Å². The fraction of sp³-hybridized carbons (Fsp3) is 0.500. The molecule has 0 aliphatic carbocycles. The van der Waals surface area contributed by atoms with Crippen molar-refractivity contribution in [3.8, 4) is 0 Å². The first-order valence-electron chi connectivity index (χ1n) is 4.84. The van der Waals surface area contributed by atoms with Gasteiger partial charge in [0.1, 0.15) is 5.00 Å². The van der Waals surface area contributed by atoms with Crippen molar-refractivity contribution in [3.63, 3.8) is 0 Å². The van der Waals surface area contributed by atoms with E-state index in [0.717, 1.165) is 10.4 Å². The molecule has 2 heterocycles. The van der Waals surface area contributed by atoms with E-state index < -0.39 is 0 Å². The van der Waals surface area contributed by atoms with Crippen molar-refractivity contribution in [1.29, 1.82) is 0 Å². The molecule has 0 bridgehead atoms. The molecule has 0 aromatic carbocycles. The Balaban J connectivity index is 2.42. The second-order valence-corrected chi connectivity index (χ2v) is 4.49. The number of nitrogen functional groups attached to an aromatic ring is 1. The molecule has 5 heteroatoms. The van der Waals surface area contributed by atoms with Crippen LogP contribution in [0.4, 0.5) is 5.00 Å². The van der Waals surface area contributed by atoms with Crippen molar-refractivity contribution in [2.75, 3.05) is 12.3 Å². The van der Waals surface area contributed by atoms with Gasteiger partial charge in [0.25, 0.3) is 0 Å². The van der Waals surface area contributed by atoms with Gasteiger partial charge in [0.2, 0.25) is 0 Å². The van der Waals surface area contributed by atoms with Crippen LogP contribution in [0, 0.1) is 0 Å². The molecule has 0 radical (unpaired) electrons. The summed E-state index contributed by atoms with van der Waals surface area (Å²) in [4.78, 5) is 12.7. The highest BCUT2D eigenvalue weighted by atomic mass is 32.1. The molecule has 0 saturated carbocycles. The fourth-order valence-corrected chi connectivity index (χ4v) is 2.81. The second-order valence-electron chi connectivity index (χ2n) is 3.35. The average molecular weight is 227 g/mol. The van der Waals surface area contributed by atoms with Gasteiger partial charge in [-0.2, -0.15) is 0 Å². The monoisotopic (exact) mass is 227 g/mol. The van der Waals surface area contributed by atoms with Gasteiger partial charge in [0.15, 0.2) is 0 Å². The van der Waals surface area contributed by atoms with E-state index in [9.17, 15) is 4.79 Å². The van der Waals surface area contributed by atoms with Crippen LogP contribution in [0.5, 0.6) is 0 Å². The lowest BCUT2D eigenvalue weighted by molar-refractivity contribution is 0.0513. The number of rotatable bonds is 2. The lowest BCUT2D eigenvalue weighted by Crippen LogP contribution is -2.09. The minimum atomic E-state index is -0.343. The SMILES string of the molecule is CCOC(=O)c1c(N)sc2c1[C@@H](C)OC2. The highest BCUT2D eigenvalue weighted by Gasteiger charge is 2.31. The first-order chi connectivity index (χ1) is 7.15. The summed E-state index contributed by atoms with van der Waals surface area (Å²) in [5.74, 6) is -0.343. The third-order valence-corrected chi connectivity index (χ3v) is 3.41. The molecular weight excluding hydrogens is 214 g/mol. The Morgan fingerprint density at radius 1 is 1.73 bits per heavy atom. The maximum atomic E-state index is 11.7. The molecule has 1 aromatic heterocycles. The van der Waals surface area contributed by atoms with Crippen molar-refractivity contribution in [2.45, 2.75) is 26.6 Å². The van der Waals surface area contributed by atoms with Gasteiger partial charge in [0, 0.05) is 10.4 Å². The Morgan fingerprint density at radius 3 is 3.13 bits per heavy atom. The molecule has 2 N–H and O–H groups in total. The van der Waals surface area contributed by atoms with E-state index >= 15 is 0 Å². The van der Waals surface area contributed by atoms with Gasteiger partial charge in [-0.3, -0.25) is 0 Å². The number of fused-ring (bicyclic) bond motifs is 1. The molecule has 1 aliphatic rings. The van der Waals surface area contributed by atoms with Gasteiger partial charge in [-0.05, 0) is 13.8 Å². The van der Waals surface area contributed by atoms with Crippen molar-refractivity contribution in [3.05, 3.63) is 16.0 Å². The number of thiophene rings is 1. The Hall–Kier alpha value is -1.07. The van der Waals surface area contributed by atoms with E-state index in [2.05, 4.69) is 0 Å². The zero-order chi connectivity index (χ0) is 11.0. The predicted octanol–water partition coefficient (Wildman–Crippen LogP) is 2.10. The Labute approximate surface area is 92.0 Å². The molecule has 82 valence electrons. The topological polar surface area (TPSA) is 61.5 Å². The fourth-order valence-electron chi connectivity index (χ4n) is 1.75. The number of esters is 1. The van der Waals surface area contributed by atoms with Crippen LogP contribution in [0.3, 0.4) is 0 Å². The van der Waals surface area contributed by atoms with Crippen LogP contribution in [0.25, 0.3) is 0 Å². The summed E-state index contributed by atoms with van der Waals surface area (Å²) in [6.07, 6.45) is -0.0621. The summed E-state index contributed by atoms with van der Waals surface area (Å²) in [5, 5.41) is 0.536. The van der Waals surface area contributed by atoms with Crippen LogP contribution in [-0.4, -0.2) is 12.6 Å². The summed E-state index contributed by atoms with van der Waals surface area (Å²) in [6.45, 7) is 4.60. The molecule has 4 nitrogen and oxygen atoms in total. The summed E-state index contributed by atoms with van der Waals surface area (Å²) < 4.78 is 10.4. The van der Waals surface area contributed by atoms with Crippen molar-refractivity contribution < 1.29 is 14.3 Å². The highest BCUT2D eigenvalue weighted by Crippen LogP contribution is 2.42. The Kier molecular flexibility index (Phi) is 2.67. The summed E-state index contributed by atoms with van der Waals surface area (Å²) in [5.41, 5.74) is 7.22. The molecule has 1 atom stereocenters. The number of nitrogens with two attached hydrogens (primary N) is 1. The van der Waals surface area contributed by atoms with E-state index in [1.54, 1.807) is 6.92 Å². The quantitative estimate of drug-likeness (QED) is 0.786. The third-order valence-electron chi connectivity index (χ3n) is 2.40. The average Bonchev–Trinajstić information content (AvgIpc) is 2.67. The van der Waals surface area contributed by atoms with Gasteiger partial charge in [-0.1, -0.05) is 0 Å². The van der Waals surface area contributed by atoms with Gasteiger partial charge >= 0.3 is 5.97 Å². The van der Waals surface area contributed by atoms with Gasteiger partial charge in [-0.25, -0.2) is 4.79 Å². The van der Waals surface area contributed by atoms with Crippen LogP contribution in [-0.2, 0) is 16.1 Å². The van der Waals surface area contributed by atoms with Crippen LogP contribution in [0.2, 0.25) is 0 Å². The molecule has 2 rings (SSSR count). The summed E-state index contributed by atoms with van der Waals surface area (Å²) >= 11 is 1.41. The molecular formula is C10H13NO3S. The normalized spacial score (nSPS) is 18.9. The van der Waals surface area contributed by atoms with Crippen LogP contribution in [0.1, 0.15) is 40.8 Å². The van der Waals surface area contributed by atoms with Gasteiger partial charge in [0.05, 0.1) is 24.9 Å². The van der Waals surface area contributed by atoms with Crippen LogP contribution >= 0.6 is 11.3 Å². The molecule has 0 unspecified atom stereocenters. The third kappa shape index (κ3) is 1.61. The van der Waals surface area contributed by atoms with Gasteiger partial charge < -0.3 is 15.2 Å². The maximum Gasteiger partial charge on any atom is 0.341 e. The summed E-state index contributed by atoms with van der Waals surface area (Å²) in [7, 11) is 0. The minimum Gasteiger partial charge on any atom is -0.462 e. The highest BCUT2D eigenvalue weighted by molar-refractivity contribution is 7.16. The van der Waals surface area contributed by atoms with Crippen LogP contribution in [0.15, 0.2) is 0 Å². The number of carbonyl (C=O) groups excluding carboxylic acids is 1. The maximum absolute atomic E-state index is 11.7. The molecule has 15 heavy (non-hydrogen) atoms. The molecule has 1 aromatic rings. The largest absolute Gasteiger partial charge is 0.462 e. The Morgan fingerprint density at radius 2 is 2.47 bits per heavy atom. The molecule has 0 amide bonds. The molecule has 0 saturated heterocycles. The Bertz CT molecular complexity index is 400. The van der Waals surface area contributed by atoms with Crippen molar-refractivity contribution >= 4 is 22.3 Å². The predicted molar refractivity (Wildman–Crippen MR) is 57.9 cm³/mol. The number of hydrogen-bond donors (Lipinski definition) is 1. The lowest BCUT2D eigenvalue weighted by atomic mass is 10.1. The number of hydrogen-bond acceptors (Lipinski definition) is 5. The first kappa shape index (κ1) is 10.4. The van der Waals surface area contributed by atoms with E-state index in [4.69, 9.17) is 15.2 Å². The second kappa shape index (κ2) is 3.83. The number of anilines is 1. The van der Waals surface area contributed by atoms with E-state index in [1.165, 1.54) is 11.3 Å². The number of carbonyl (C=O) groups is 1. The zero-order valence-corrected chi connectivity index (χ0v) is 9.52. The number of ether oxygens (including phenoxy) is 2. The standard InChI is InChI=1S/C10H13NO3S/c1-3-13-10(12)8-7-5(2)14-4-6(7)15-9(8)11/h5H,3-4,11H2,1-2H3/t5-/m1/s1. The van der Waals surface area contributed by atoms with Crippen LogP contribution < -0.4 is 5.73 Å². The van der Waals surface area contributed by atoms with Crippen molar-refractivity contribution in [2.24, 2.45) is 0 Å². The molecule has 0 spiro atoms. The first-order valence-corrected chi connectivity index (χ1v) is 5.66. The zero-order valence-electron chi connectivity index (χ0n) is 8.70. The smallest absolute Gasteiger partial charge is 0.341 e. The van der Waals surface area contributed by atoms with E-state index in [-0.39, 0.29) is 12.1 Å². The minimum absolute atomic E-state index is 0.0621. The summed E-state index contributed by atoms with van der Waals surface area (Å²) in [6, 6.07) is 0. The van der Waals surface area contributed by atoms with E-state index in [0.29, 0.717) is 23.8 Å².